The zero-order chi connectivity index (χ0) is 24.6. The van der Waals surface area contributed by atoms with E-state index in [2.05, 4.69) is 37.4 Å². The minimum atomic E-state index is 0.135. The number of aryl methyl sites for hydroxylation is 2. The summed E-state index contributed by atoms with van der Waals surface area (Å²) >= 11 is 6.28. The van der Waals surface area contributed by atoms with Crippen molar-refractivity contribution < 1.29 is 9.53 Å². The van der Waals surface area contributed by atoms with Crippen molar-refractivity contribution in [3.8, 4) is 11.4 Å². The molecule has 0 N–H and O–H groups in total. The molecule has 184 valence electrons. The van der Waals surface area contributed by atoms with E-state index in [1.807, 2.05) is 53.0 Å². The van der Waals surface area contributed by atoms with Crippen molar-refractivity contribution in [1.82, 2.24) is 33.8 Å². The first-order valence-electron chi connectivity index (χ1n) is 12.0. The second-order valence-electron chi connectivity index (χ2n) is 9.00. The highest BCUT2D eigenvalue weighted by molar-refractivity contribution is 6.30. The number of benzene rings is 1. The zero-order valence-corrected chi connectivity index (χ0v) is 20.7. The van der Waals surface area contributed by atoms with Crippen LogP contribution in [0.1, 0.15) is 17.8 Å². The Bertz CT molecular complexity index is 1560. The molecule has 0 aliphatic carbocycles. The molecule has 1 amide bonds. The Labute approximate surface area is 212 Å². The van der Waals surface area contributed by atoms with Gasteiger partial charge in [0.2, 0.25) is 5.91 Å². The molecule has 0 spiro atoms. The summed E-state index contributed by atoms with van der Waals surface area (Å²) < 4.78 is 11.5. The lowest BCUT2D eigenvalue weighted by Gasteiger charge is -2.26. The molecule has 0 unspecified atom stereocenters. The molecule has 0 saturated carbocycles. The van der Waals surface area contributed by atoms with Crippen molar-refractivity contribution in [3.05, 3.63) is 71.1 Å². The highest BCUT2D eigenvalue weighted by Gasteiger charge is 2.19. The molecule has 4 aromatic heterocycles. The lowest BCUT2D eigenvalue weighted by molar-refractivity contribution is -0.135. The molecular formula is C26H26ClN7O2. The largest absolute Gasteiger partial charge is 0.378 e. The average molecular weight is 504 g/mol. The van der Waals surface area contributed by atoms with Crippen LogP contribution >= 0.6 is 11.6 Å². The van der Waals surface area contributed by atoms with Gasteiger partial charge in [0.05, 0.1) is 29.9 Å². The van der Waals surface area contributed by atoms with Gasteiger partial charge >= 0.3 is 0 Å². The maximum atomic E-state index is 12.6. The standard InChI is InChI=1S/C26H26ClN7O2/c1-18-28-29-25-6-5-22-24(34(18)25)16-23(33(22)17-19-3-2-4-20(27)15-19)21-7-9-32(30-21)10-8-26(35)31-11-13-36-14-12-31/h2-7,9,15-16H,8,10-14,17H2,1H3. The second-order valence-corrected chi connectivity index (χ2v) is 9.43. The Hall–Kier alpha value is -3.69. The first-order valence-corrected chi connectivity index (χ1v) is 12.4. The summed E-state index contributed by atoms with van der Waals surface area (Å²) in [6.07, 6.45) is 2.34. The van der Waals surface area contributed by atoms with E-state index in [0.717, 1.165) is 39.5 Å². The number of morpholine rings is 1. The number of pyridine rings is 1. The molecule has 0 bridgehead atoms. The molecule has 5 aromatic rings. The van der Waals surface area contributed by atoms with Gasteiger partial charge in [-0.2, -0.15) is 5.10 Å². The maximum Gasteiger partial charge on any atom is 0.224 e. The molecule has 0 atom stereocenters. The van der Waals surface area contributed by atoms with Gasteiger partial charge in [-0.25, -0.2) is 0 Å². The molecule has 9 nitrogen and oxygen atoms in total. The minimum Gasteiger partial charge on any atom is -0.378 e. The number of aromatic nitrogens is 6. The van der Waals surface area contributed by atoms with E-state index in [1.165, 1.54) is 0 Å². The third-order valence-corrected chi connectivity index (χ3v) is 6.88. The molecule has 1 aliphatic rings. The van der Waals surface area contributed by atoms with E-state index < -0.39 is 0 Å². The molecule has 0 radical (unpaired) electrons. The van der Waals surface area contributed by atoms with Crippen LogP contribution in [0.2, 0.25) is 5.02 Å². The van der Waals surface area contributed by atoms with Crippen LogP contribution in [0.15, 0.2) is 54.7 Å². The van der Waals surface area contributed by atoms with Crippen LogP contribution in [0.3, 0.4) is 0 Å². The van der Waals surface area contributed by atoms with Crippen LogP contribution in [-0.4, -0.2) is 66.1 Å². The third kappa shape index (κ3) is 4.25. The second kappa shape index (κ2) is 9.40. The van der Waals surface area contributed by atoms with Crippen molar-refractivity contribution in [2.45, 2.75) is 26.4 Å². The highest BCUT2D eigenvalue weighted by Crippen LogP contribution is 2.30. The fourth-order valence-corrected chi connectivity index (χ4v) is 5.06. The predicted octanol–water partition coefficient (Wildman–Crippen LogP) is 3.81. The molecule has 1 aromatic carbocycles. The molecule has 10 heteroatoms. The number of nitrogens with zero attached hydrogens (tertiary/aromatic N) is 7. The summed E-state index contributed by atoms with van der Waals surface area (Å²) in [7, 11) is 0. The van der Waals surface area contributed by atoms with E-state index in [1.54, 1.807) is 0 Å². The number of carbonyl (C=O) groups is 1. The van der Waals surface area contributed by atoms with Crippen LogP contribution in [0.25, 0.3) is 28.1 Å². The first-order chi connectivity index (χ1) is 17.6. The van der Waals surface area contributed by atoms with Gasteiger partial charge in [-0.3, -0.25) is 13.9 Å². The van der Waals surface area contributed by atoms with E-state index in [4.69, 9.17) is 21.4 Å². The SMILES string of the molecule is Cc1nnc2ccc3c(cc(-c4ccn(CCC(=O)N5CCOCC5)n4)n3Cc3cccc(Cl)c3)n12. The Morgan fingerprint density at radius 2 is 1.92 bits per heavy atom. The van der Waals surface area contributed by atoms with Gasteiger partial charge in [0.25, 0.3) is 0 Å². The van der Waals surface area contributed by atoms with Crippen molar-refractivity contribution in [2.75, 3.05) is 26.3 Å². The van der Waals surface area contributed by atoms with E-state index in [0.29, 0.717) is 50.8 Å². The average Bonchev–Trinajstić information content (AvgIpc) is 3.60. The molecular weight excluding hydrogens is 478 g/mol. The summed E-state index contributed by atoms with van der Waals surface area (Å²) in [5.41, 5.74) is 5.78. The number of amides is 1. The third-order valence-electron chi connectivity index (χ3n) is 6.65. The van der Waals surface area contributed by atoms with Crippen LogP contribution in [0, 0.1) is 6.92 Å². The lowest BCUT2D eigenvalue weighted by atomic mass is 10.2. The molecule has 1 saturated heterocycles. The Morgan fingerprint density at radius 3 is 2.75 bits per heavy atom. The zero-order valence-electron chi connectivity index (χ0n) is 20.0. The fourth-order valence-electron chi connectivity index (χ4n) is 4.85. The summed E-state index contributed by atoms with van der Waals surface area (Å²) in [6.45, 7) is 5.64. The Morgan fingerprint density at radius 1 is 1.06 bits per heavy atom. The number of hydrogen-bond donors (Lipinski definition) is 0. The molecule has 6 rings (SSSR count). The quantitative estimate of drug-likeness (QED) is 0.352. The maximum absolute atomic E-state index is 12.6. The monoisotopic (exact) mass is 503 g/mol. The van der Waals surface area contributed by atoms with Crippen LogP contribution in [0.4, 0.5) is 0 Å². The van der Waals surface area contributed by atoms with Crippen molar-refractivity contribution in [1.29, 1.82) is 0 Å². The number of rotatable bonds is 6. The van der Waals surface area contributed by atoms with Gasteiger partial charge in [0, 0.05) is 43.8 Å². The first kappa shape index (κ1) is 22.8. The predicted molar refractivity (Wildman–Crippen MR) is 137 cm³/mol. The Balaban J connectivity index is 1.35. The Kier molecular flexibility index (Phi) is 5.94. The van der Waals surface area contributed by atoms with Gasteiger partial charge in [0.1, 0.15) is 11.5 Å². The van der Waals surface area contributed by atoms with E-state index in [-0.39, 0.29) is 5.91 Å². The molecule has 5 heterocycles. The fraction of sp³-hybridized carbons (Fsp3) is 0.308. The van der Waals surface area contributed by atoms with E-state index in [9.17, 15) is 4.79 Å². The van der Waals surface area contributed by atoms with Gasteiger partial charge in [-0.1, -0.05) is 23.7 Å². The summed E-state index contributed by atoms with van der Waals surface area (Å²) in [5.74, 6) is 0.963. The van der Waals surface area contributed by atoms with Crippen molar-refractivity contribution >= 4 is 34.2 Å². The van der Waals surface area contributed by atoms with Gasteiger partial charge < -0.3 is 14.2 Å². The smallest absolute Gasteiger partial charge is 0.224 e. The van der Waals surface area contributed by atoms with Gasteiger partial charge in [-0.05, 0) is 48.9 Å². The number of halogens is 1. The highest BCUT2D eigenvalue weighted by atomic mass is 35.5. The molecule has 1 aliphatic heterocycles. The van der Waals surface area contributed by atoms with Crippen LogP contribution in [-0.2, 0) is 22.6 Å². The number of ether oxygens (including phenoxy) is 1. The van der Waals surface area contributed by atoms with Crippen molar-refractivity contribution in [2.24, 2.45) is 0 Å². The van der Waals surface area contributed by atoms with Gasteiger partial charge in [0.15, 0.2) is 5.65 Å². The van der Waals surface area contributed by atoms with E-state index >= 15 is 0 Å². The normalized spacial score (nSPS) is 14.2. The minimum absolute atomic E-state index is 0.135. The lowest BCUT2D eigenvalue weighted by Crippen LogP contribution is -2.40. The summed E-state index contributed by atoms with van der Waals surface area (Å²) in [4.78, 5) is 14.4. The number of fused-ring (bicyclic) bond motifs is 3. The van der Waals surface area contributed by atoms with Gasteiger partial charge in [-0.15, -0.1) is 10.2 Å². The summed E-state index contributed by atoms with van der Waals surface area (Å²) in [5, 5.41) is 14.1. The van der Waals surface area contributed by atoms with Crippen LogP contribution < -0.4 is 0 Å². The summed E-state index contributed by atoms with van der Waals surface area (Å²) in [6, 6.07) is 16.1. The number of carbonyl (C=O) groups excluding carboxylic acids is 1. The molecule has 36 heavy (non-hydrogen) atoms. The van der Waals surface area contributed by atoms with Crippen LogP contribution in [0.5, 0.6) is 0 Å². The van der Waals surface area contributed by atoms with Crippen molar-refractivity contribution in [3.63, 3.8) is 0 Å². The molecule has 1 fully saturated rings. The number of hydrogen-bond acceptors (Lipinski definition) is 5. The topological polar surface area (TPSA) is 82.5 Å².